The number of rotatable bonds is 2. The summed E-state index contributed by atoms with van der Waals surface area (Å²) in [5.74, 6) is 0.952. The first-order chi connectivity index (χ1) is 9.24. The summed E-state index contributed by atoms with van der Waals surface area (Å²) in [5.41, 5.74) is 3.73. The smallest absolute Gasteiger partial charge is 0.129 e. The topological polar surface area (TPSA) is 36.4 Å². The quantitative estimate of drug-likeness (QED) is 0.895. The van der Waals surface area contributed by atoms with Crippen LogP contribution in [0.1, 0.15) is 29.7 Å². The molecule has 3 nitrogen and oxygen atoms in total. The zero-order valence-corrected chi connectivity index (χ0v) is 11.1. The number of nitrogens with zero attached hydrogens (tertiary/aromatic N) is 2. The zero-order chi connectivity index (χ0) is 13.2. The summed E-state index contributed by atoms with van der Waals surface area (Å²) in [6.07, 6.45) is 2.38. The lowest BCUT2D eigenvalue weighted by Crippen LogP contribution is -2.31. The average Bonchev–Trinajstić information content (AvgIpc) is 2.47. The normalized spacial score (nSPS) is 16.0. The van der Waals surface area contributed by atoms with Crippen LogP contribution in [0.5, 0.6) is 0 Å². The molecule has 0 aliphatic carbocycles. The van der Waals surface area contributed by atoms with Gasteiger partial charge in [0.25, 0.3) is 0 Å². The van der Waals surface area contributed by atoms with Crippen LogP contribution in [0, 0.1) is 0 Å². The molecule has 0 saturated heterocycles. The predicted molar refractivity (Wildman–Crippen MR) is 76.1 cm³/mol. The van der Waals surface area contributed by atoms with Crippen LogP contribution in [-0.4, -0.2) is 16.6 Å². The fraction of sp³-hybridized carbons (Fsp3) is 0.312. The number of fused-ring (bicyclic) bond motifs is 1. The van der Waals surface area contributed by atoms with Crippen LogP contribution in [0.3, 0.4) is 0 Å². The molecule has 0 fully saturated rings. The van der Waals surface area contributed by atoms with E-state index in [0.717, 1.165) is 30.9 Å². The van der Waals surface area contributed by atoms with E-state index >= 15 is 0 Å². The summed E-state index contributed by atoms with van der Waals surface area (Å²) < 4.78 is 0. The molecule has 0 radical (unpaired) electrons. The second-order valence-corrected chi connectivity index (χ2v) is 5.06. The Morgan fingerprint density at radius 1 is 1.21 bits per heavy atom. The standard InChI is InChI=1S/C16H18N2O/c1-12(19)14-6-8-17-16(10-14)18-9-7-13-4-2-3-5-15(13)11-18/h2-6,8,10,12,19H,7,9,11H2,1H3/t12-/m1/s1. The van der Waals surface area contributed by atoms with Crippen molar-refractivity contribution in [2.45, 2.75) is 26.0 Å². The highest BCUT2D eigenvalue weighted by atomic mass is 16.3. The largest absolute Gasteiger partial charge is 0.389 e. The Morgan fingerprint density at radius 3 is 2.79 bits per heavy atom. The van der Waals surface area contributed by atoms with Crippen molar-refractivity contribution < 1.29 is 5.11 Å². The number of pyridine rings is 1. The van der Waals surface area contributed by atoms with Gasteiger partial charge in [0.15, 0.2) is 0 Å². The number of benzene rings is 1. The summed E-state index contributed by atoms with van der Waals surface area (Å²) in [7, 11) is 0. The van der Waals surface area contributed by atoms with Crippen molar-refractivity contribution >= 4 is 5.82 Å². The van der Waals surface area contributed by atoms with Crippen molar-refractivity contribution in [2.75, 3.05) is 11.4 Å². The Bertz CT molecular complexity index is 580. The van der Waals surface area contributed by atoms with Gasteiger partial charge in [-0.1, -0.05) is 24.3 Å². The number of aliphatic hydroxyl groups excluding tert-OH is 1. The van der Waals surface area contributed by atoms with E-state index in [2.05, 4.69) is 34.1 Å². The zero-order valence-electron chi connectivity index (χ0n) is 11.1. The molecule has 0 amide bonds. The van der Waals surface area contributed by atoms with Crippen molar-refractivity contribution in [3.63, 3.8) is 0 Å². The maximum absolute atomic E-state index is 9.66. The van der Waals surface area contributed by atoms with E-state index < -0.39 is 6.10 Å². The molecule has 1 N–H and O–H groups in total. The molecule has 0 saturated carbocycles. The average molecular weight is 254 g/mol. The minimum absolute atomic E-state index is 0.446. The van der Waals surface area contributed by atoms with Gasteiger partial charge in [-0.3, -0.25) is 0 Å². The molecule has 2 heterocycles. The molecule has 0 bridgehead atoms. The second-order valence-electron chi connectivity index (χ2n) is 5.06. The lowest BCUT2D eigenvalue weighted by molar-refractivity contribution is 0.199. The van der Waals surface area contributed by atoms with E-state index in [1.54, 1.807) is 13.1 Å². The SMILES string of the molecule is C[C@@H](O)c1ccnc(N2CCc3ccccc3C2)c1. The van der Waals surface area contributed by atoms with Crippen LogP contribution in [-0.2, 0) is 13.0 Å². The van der Waals surface area contributed by atoms with E-state index in [4.69, 9.17) is 0 Å². The summed E-state index contributed by atoms with van der Waals surface area (Å²) in [5, 5.41) is 9.66. The number of anilines is 1. The number of aromatic nitrogens is 1. The van der Waals surface area contributed by atoms with E-state index in [1.165, 1.54) is 11.1 Å². The van der Waals surface area contributed by atoms with Gasteiger partial charge in [0.1, 0.15) is 5.82 Å². The molecule has 0 unspecified atom stereocenters. The van der Waals surface area contributed by atoms with E-state index in [1.807, 2.05) is 12.1 Å². The minimum atomic E-state index is -0.446. The van der Waals surface area contributed by atoms with Gasteiger partial charge in [0.05, 0.1) is 6.10 Å². The van der Waals surface area contributed by atoms with Gasteiger partial charge in [-0.15, -0.1) is 0 Å². The van der Waals surface area contributed by atoms with Gasteiger partial charge in [-0.2, -0.15) is 0 Å². The molecule has 2 aromatic rings. The molecule has 98 valence electrons. The highest BCUT2D eigenvalue weighted by Crippen LogP contribution is 2.24. The van der Waals surface area contributed by atoms with Crippen LogP contribution >= 0.6 is 0 Å². The number of hydrogen-bond donors (Lipinski definition) is 1. The monoisotopic (exact) mass is 254 g/mol. The first kappa shape index (κ1) is 12.2. The summed E-state index contributed by atoms with van der Waals surface area (Å²) in [4.78, 5) is 6.71. The van der Waals surface area contributed by atoms with E-state index in [-0.39, 0.29) is 0 Å². The van der Waals surface area contributed by atoms with Crippen molar-refractivity contribution in [1.82, 2.24) is 4.98 Å². The fourth-order valence-electron chi connectivity index (χ4n) is 2.56. The van der Waals surface area contributed by atoms with Crippen molar-refractivity contribution in [2.24, 2.45) is 0 Å². The lowest BCUT2D eigenvalue weighted by atomic mass is 10.00. The maximum Gasteiger partial charge on any atom is 0.129 e. The third-order valence-electron chi connectivity index (χ3n) is 3.71. The second kappa shape index (κ2) is 5.02. The molecule has 19 heavy (non-hydrogen) atoms. The molecule has 0 spiro atoms. The van der Waals surface area contributed by atoms with E-state index in [9.17, 15) is 5.11 Å². The highest BCUT2D eigenvalue weighted by molar-refractivity contribution is 5.45. The molecule has 3 heteroatoms. The first-order valence-corrected chi connectivity index (χ1v) is 6.70. The van der Waals surface area contributed by atoms with Gasteiger partial charge in [0, 0.05) is 19.3 Å². The number of aliphatic hydroxyl groups is 1. The summed E-state index contributed by atoms with van der Waals surface area (Å²) in [6, 6.07) is 12.4. The third kappa shape index (κ3) is 2.47. The number of hydrogen-bond acceptors (Lipinski definition) is 3. The van der Waals surface area contributed by atoms with Crippen molar-refractivity contribution in [3.8, 4) is 0 Å². The van der Waals surface area contributed by atoms with Crippen LogP contribution in [0.4, 0.5) is 5.82 Å². The molecular weight excluding hydrogens is 236 g/mol. The molecule has 1 aromatic carbocycles. The molecule has 1 atom stereocenters. The van der Waals surface area contributed by atoms with Crippen LogP contribution < -0.4 is 4.90 Å². The van der Waals surface area contributed by atoms with Crippen molar-refractivity contribution in [3.05, 3.63) is 59.3 Å². The Kier molecular flexibility index (Phi) is 3.22. The first-order valence-electron chi connectivity index (χ1n) is 6.70. The molecular formula is C16H18N2O. The van der Waals surface area contributed by atoms with Crippen LogP contribution in [0.15, 0.2) is 42.6 Å². The molecule has 1 aliphatic rings. The Morgan fingerprint density at radius 2 is 2.00 bits per heavy atom. The maximum atomic E-state index is 9.66. The van der Waals surface area contributed by atoms with Gasteiger partial charge < -0.3 is 10.0 Å². The fourth-order valence-corrected chi connectivity index (χ4v) is 2.56. The Balaban J connectivity index is 1.87. The Hall–Kier alpha value is -1.87. The summed E-state index contributed by atoms with van der Waals surface area (Å²) >= 11 is 0. The summed E-state index contributed by atoms with van der Waals surface area (Å²) in [6.45, 7) is 3.66. The molecule has 3 rings (SSSR count). The predicted octanol–water partition coefficient (Wildman–Crippen LogP) is 2.70. The minimum Gasteiger partial charge on any atom is -0.389 e. The van der Waals surface area contributed by atoms with Gasteiger partial charge in [-0.05, 0) is 42.2 Å². The van der Waals surface area contributed by atoms with Gasteiger partial charge in [-0.25, -0.2) is 4.98 Å². The Labute approximate surface area is 113 Å². The van der Waals surface area contributed by atoms with E-state index in [0.29, 0.717) is 0 Å². The van der Waals surface area contributed by atoms with Crippen LogP contribution in [0.25, 0.3) is 0 Å². The highest BCUT2D eigenvalue weighted by Gasteiger charge is 2.17. The molecule has 1 aromatic heterocycles. The van der Waals surface area contributed by atoms with Gasteiger partial charge >= 0.3 is 0 Å². The van der Waals surface area contributed by atoms with Gasteiger partial charge in [0.2, 0.25) is 0 Å². The molecule has 1 aliphatic heterocycles. The van der Waals surface area contributed by atoms with Crippen molar-refractivity contribution in [1.29, 1.82) is 0 Å². The third-order valence-corrected chi connectivity index (χ3v) is 3.71. The van der Waals surface area contributed by atoms with Crippen LogP contribution in [0.2, 0.25) is 0 Å². The lowest BCUT2D eigenvalue weighted by Gasteiger charge is -2.30.